The third-order valence-electron chi connectivity index (χ3n) is 3.85. The Kier molecular flexibility index (Phi) is 2.80. The van der Waals surface area contributed by atoms with Gasteiger partial charge in [-0.2, -0.15) is 0 Å². The Bertz CT molecular complexity index is 810. The van der Waals surface area contributed by atoms with Gasteiger partial charge in [0, 0.05) is 0 Å². The molecule has 102 valence electrons. The summed E-state index contributed by atoms with van der Waals surface area (Å²) in [6, 6.07) is 15.9. The number of rotatable bonds is 2. The van der Waals surface area contributed by atoms with Crippen LogP contribution in [0.1, 0.15) is 26.8 Å². The van der Waals surface area contributed by atoms with Gasteiger partial charge in [0.05, 0.1) is 20.0 Å². The van der Waals surface area contributed by atoms with Gasteiger partial charge < -0.3 is 0 Å². The van der Waals surface area contributed by atoms with E-state index in [1.54, 1.807) is 0 Å². The molecule has 0 aliphatic rings. The second-order valence-electron chi connectivity index (χ2n) is 5.47. The first kappa shape index (κ1) is 11.7. The number of hydrogen-bond acceptors (Lipinski definition) is 0. The van der Waals surface area contributed by atoms with E-state index in [4.69, 9.17) is 1.37 Å². The maximum Gasteiger partial charge on any atom is 0.290 e. The van der Waals surface area contributed by atoms with E-state index in [0.29, 0.717) is 0 Å². The summed E-state index contributed by atoms with van der Waals surface area (Å²) in [6.07, 6.45) is 0. The van der Waals surface area contributed by atoms with Crippen LogP contribution in [-0.4, -0.2) is 4.57 Å². The lowest BCUT2D eigenvalue weighted by Gasteiger charge is -2.08. The highest BCUT2D eigenvalue weighted by Gasteiger charge is 2.26. The van der Waals surface area contributed by atoms with Crippen molar-refractivity contribution in [3.05, 3.63) is 54.1 Å². The van der Waals surface area contributed by atoms with Crippen molar-refractivity contribution in [2.75, 3.05) is 0 Å². The molecule has 2 heteroatoms. The Morgan fingerprint density at radius 1 is 1.05 bits per heavy atom. The number of para-hydroxylation sites is 2. The van der Waals surface area contributed by atoms with Crippen molar-refractivity contribution in [3.63, 3.8) is 0 Å². The average molecular weight is 266 g/mol. The fourth-order valence-corrected chi connectivity index (χ4v) is 2.89. The van der Waals surface area contributed by atoms with Crippen LogP contribution in [0.25, 0.3) is 22.4 Å². The Hall–Kier alpha value is -2.09. The van der Waals surface area contributed by atoms with Crippen LogP contribution in [0.5, 0.6) is 0 Å². The van der Waals surface area contributed by atoms with Gasteiger partial charge in [-0.15, -0.1) is 0 Å². The fourth-order valence-electron chi connectivity index (χ4n) is 2.89. The van der Waals surface area contributed by atoms with Gasteiger partial charge in [-0.05, 0) is 44.5 Å². The highest BCUT2D eigenvalue weighted by atomic mass is 15.2. The summed E-state index contributed by atoms with van der Waals surface area (Å²) in [6.45, 7) is 5.98. The first-order chi connectivity index (χ1) is 9.91. The summed E-state index contributed by atoms with van der Waals surface area (Å²) < 4.78 is 12.9. The highest BCUT2D eigenvalue weighted by Crippen LogP contribution is 2.26. The quantitative estimate of drug-likeness (QED) is 0.619. The van der Waals surface area contributed by atoms with Crippen LogP contribution in [-0.2, 0) is 7.05 Å². The molecule has 0 aliphatic carbocycles. The van der Waals surface area contributed by atoms with E-state index < -0.39 is 6.02 Å². The largest absolute Gasteiger partial charge is 0.290 e. The Balaban J connectivity index is 2.48. The molecule has 0 saturated heterocycles. The molecule has 0 unspecified atom stereocenters. The van der Waals surface area contributed by atoms with Crippen molar-refractivity contribution in [1.82, 2.24) is 4.57 Å². The molecule has 0 amide bonds. The molecule has 1 heterocycles. The van der Waals surface area contributed by atoms with Gasteiger partial charge in [-0.25, -0.2) is 9.13 Å². The Morgan fingerprint density at radius 2 is 1.70 bits per heavy atom. The molecular formula is C18H21N2+. The predicted octanol–water partition coefficient (Wildman–Crippen LogP) is 4.02. The molecular weight excluding hydrogens is 244 g/mol. The van der Waals surface area contributed by atoms with Crippen molar-refractivity contribution in [2.45, 2.75) is 26.8 Å². The molecule has 0 bridgehead atoms. The van der Waals surface area contributed by atoms with Gasteiger partial charge in [0.2, 0.25) is 0 Å². The minimum Gasteiger partial charge on any atom is -0.226 e. The summed E-state index contributed by atoms with van der Waals surface area (Å²) in [4.78, 5) is 0. The van der Waals surface area contributed by atoms with Gasteiger partial charge in [0.1, 0.15) is 0 Å². The van der Waals surface area contributed by atoms with E-state index in [1.807, 2.05) is 26.0 Å². The Labute approximate surface area is 121 Å². The lowest BCUT2D eigenvalue weighted by atomic mass is 10.1. The normalized spacial score (nSPS) is 12.7. The smallest absolute Gasteiger partial charge is 0.226 e. The number of hydrogen-bond donors (Lipinski definition) is 0. The molecule has 0 aliphatic heterocycles. The van der Waals surface area contributed by atoms with E-state index >= 15 is 0 Å². The van der Waals surface area contributed by atoms with Crippen molar-refractivity contribution >= 4 is 11.0 Å². The minimum atomic E-state index is -0.724. The van der Waals surface area contributed by atoms with E-state index in [1.165, 1.54) is 11.1 Å². The molecule has 1 aromatic heterocycles. The summed E-state index contributed by atoms with van der Waals surface area (Å²) in [5.41, 5.74) is 4.65. The molecule has 0 fully saturated rings. The third-order valence-corrected chi connectivity index (χ3v) is 3.85. The molecule has 0 spiro atoms. The van der Waals surface area contributed by atoms with Crippen LogP contribution < -0.4 is 4.57 Å². The number of imidazole rings is 1. The molecule has 0 radical (unpaired) electrons. The molecule has 2 nitrogen and oxygen atoms in total. The first-order valence-electron chi connectivity index (χ1n) is 7.47. The molecule has 2 aromatic carbocycles. The second kappa shape index (κ2) is 4.78. The van der Waals surface area contributed by atoms with Crippen LogP contribution in [0.2, 0.25) is 0 Å². The number of fused-ring (bicyclic) bond motifs is 1. The zero-order chi connectivity index (χ0) is 15.2. The molecule has 20 heavy (non-hydrogen) atoms. The first-order valence-corrected chi connectivity index (χ1v) is 6.97. The zero-order valence-electron chi connectivity index (χ0n) is 13.5. The van der Waals surface area contributed by atoms with Crippen LogP contribution in [0.4, 0.5) is 0 Å². The van der Waals surface area contributed by atoms with E-state index in [0.717, 1.165) is 16.9 Å². The van der Waals surface area contributed by atoms with Crippen molar-refractivity contribution in [2.24, 2.45) is 7.05 Å². The molecule has 0 N–H and O–H groups in total. The van der Waals surface area contributed by atoms with E-state index in [2.05, 4.69) is 59.5 Å². The highest BCUT2D eigenvalue weighted by molar-refractivity contribution is 5.76. The van der Waals surface area contributed by atoms with Gasteiger partial charge >= 0.3 is 0 Å². The van der Waals surface area contributed by atoms with Crippen LogP contribution in [0, 0.1) is 6.92 Å². The number of aryl methyl sites for hydroxylation is 2. The number of nitrogens with zero attached hydrogens (tertiary/aromatic N) is 2. The number of aromatic nitrogens is 2. The van der Waals surface area contributed by atoms with Crippen LogP contribution >= 0.6 is 0 Å². The summed E-state index contributed by atoms with van der Waals surface area (Å²) >= 11 is 0. The molecule has 0 atom stereocenters. The van der Waals surface area contributed by atoms with Gasteiger partial charge in [0.25, 0.3) is 5.82 Å². The van der Waals surface area contributed by atoms with E-state index in [-0.39, 0.29) is 0 Å². The topological polar surface area (TPSA) is 8.81 Å². The lowest BCUT2D eigenvalue weighted by molar-refractivity contribution is -0.681. The SMILES string of the molecule is [2H]C(C)(C)[n+]1c(-c2ccccc2C)n(C)c2ccccc21. The standard InChI is InChI=1S/C18H21N2/c1-13(2)20-17-12-8-7-11-16(17)19(4)18(20)15-10-6-5-9-14(15)3/h5-13H,1-4H3/q+1/i13D. The van der Waals surface area contributed by atoms with Gasteiger partial charge in [0.15, 0.2) is 11.0 Å². The molecule has 3 rings (SSSR count). The summed E-state index contributed by atoms with van der Waals surface area (Å²) in [7, 11) is 2.08. The predicted molar refractivity (Wildman–Crippen MR) is 83.7 cm³/mol. The maximum atomic E-state index is 8.58. The van der Waals surface area contributed by atoms with Crippen LogP contribution in [0.15, 0.2) is 48.5 Å². The monoisotopic (exact) mass is 266 g/mol. The molecule has 0 saturated carbocycles. The van der Waals surface area contributed by atoms with Crippen molar-refractivity contribution in [3.8, 4) is 11.4 Å². The zero-order valence-corrected chi connectivity index (χ0v) is 12.5. The minimum absolute atomic E-state index is 0.724. The fraction of sp³-hybridized carbons (Fsp3) is 0.278. The Morgan fingerprint density at radius 3 is 2.40 bits per heavy atom. The van der Waals surface area contributed by atoms with Gasteiger partial charge in [-0.1, -0.05) is 30.3 Å². The van der Waals surface area contributed by atoms with Crippen LogP contribution in [0.3, 0.4) is 0 Å². The summed E-state index contributed by atoms with van der Waals surface area (Å²) in [5, 5.41) is 0. The third kappa shape index (κ3) is 1.83. The van der Waals surface area contributed by atoms with Gasteiger partial charge in [-0.3, -0.25) is 0 Å². The molecule has 3 aromatic rings. The average Bonchev–Trinajstić information content (AvgIpc) is 2.73. The van der Waals surface area contributed by atoms with E-state index in [9.17, 15) is 0 Å². The maximum absolute atomic E-state index is 8.58. The van der Waals surface area contributed by atoms with Crippen molar-refractivity contribution in [1.29, 1.82) is 0 Å². The van der Waals surface area contributed by atoms with Crippen molar-refractivity contribution < 1.29 is 5.94 Å². The summed E-state index contributed by atoms with van der Waals surface area (Å²) in [5.74, 6) is 1.08. The lowest BCUT2D eigenvalue weighted by Crippen LogP contribution is -2.38. The number of benzene rings is 2. The second-order valence-corrected chi connectivity index (χ2v) is 5.47.